The van der Waals surface area contributed by atoms with E-state index in [9.17, 15) is 4.89 Å². The van der Waals surface area contributed by atoms with E-state index < -0.39 is 8.60 Å². The molecule has 1 atom stereocenters. The van der Waals surface area contributed by atoms with Gasteiger partial charge in [-0.1, -0.05) is 118 Å². The molecule has 0 aromatic heterocycles. The van der Waals surface area contributed by atoms with Gasteiger partial charge in [0.2, 0.25) is 0 Å². The van der Waals surface area contributed by atoms with Crippen molar-refractivity contribution in [2.24, 2.45) is 5.92 Å². The maximum atomic E-state index is 10.2. The molecule has 0 radical (unpaired) electrons. The molecule has 0 saturated carbocycles. The first-order valence-corrected chi connectivity index (χ1v) is 16.8. The highest BCUT2D eigenvalue weighted by Gasteiger charge is 2.13. The summed E-state index contributed by atoms with van der Waals surface area (Å²) in [5.41, 5.74) is 0. The van der Waals surface area contributed by atoms with Gasteiger partial charge >= 0.3 is 8.60 Å². The number of rotatable bonds is 29. The number of nitrogens with zero attached hydrogens (tertiary/aromatic N) is 1. The molecule has 35 heavy (non-hydrogen) atoms. The fourth-order valence-corrected chi connectivity index (χ4v) is 5.35. The summed E-state index contributed by atoms with van der Waals surface area (Å²) < 4.78 is 11.3. The normalized spacial score (nSPS) is 12.8. The highest BCUT2D eigenvalue weighted by atomic mass is 31.2. The molecule has 0 saturated heterocycles. The third-order valence-corrected chi connectivity index (χ3v) is 7.85. The predicted octanol–water partition coefficient (Wildman–Crippen LogP) is 10.0. The maximum absolute atomic E-state index is 10.2. The zero-order chi connectivity index (χ0) is 25.8. The minimum Gasteiger partial charge on any atom is -0.328 e. The first-order valence-electron chi connectivity index (χ1n) is 15.6. The summed E-state index contributed by atoms with van der Waals surface area (Å²) in [6.45, 7) is 14.0. The molecule has 0 fully saturated rings. The second kappa shape index (κ2) is 28.8. The Balaban J connectivity index is 4.07. The van der Waals surface area contributed by atoms with Crippen molar-refractivity contribution in [2.45, 2.75) is 156 Å². The smallest absolute Gasteiger partial charge is 0.328 e. The molecular weight excluding hydrogens is 453 g/mol. The Morgan fingerprint density at radius 2 is 0.971 bits per heavy atom. The van der Waals surface area contributed by atoms with Gasteiger partial charge in [-0.15, -0.1) is 0 Å². The van der Waals surface area contributed by atoms with Gasteiger partial charge in [0, 0.05) is 0 Å². The summed E-state index contributed by atoms with van der Waals surface area (Å²) in [4.78, 5) is 12.9. The van der Waals surface area contributed by atoms with Crippen molar-refractivity contribution in [2.75, 3.05) is 32.8 Å². The van der Waals surface area contributed by atoms with Crippen LogP contribution in [-0.2, 0) is 9.05 Å². The van der Waals surface area contributed by atoms with Crippen LogP contribution >= 0.6 is 8.60 Å². The second-order valence-electron chi connectivity index (χ2n) is 10.6. The van der Waals surface area contributed by atoms with Crippen LogP contribution in [0.3, 0.4) is 0 Å². The van der Waals surface area contributed by atoms with Crippen LogP contribution in [0.15, 0.2) is 0 Å². The molecule has 0 aliphatic carbocycles. The Morgan fingerprint density at radius 3 is 1.46 bits per heavy atom. The van der Waals surface area contributed by atoms with Gasteiger partial charge in [-0.2, -0.15) is 0 Å². The van der Waals surface area contributed by atoms with Gasteiger partial charge < -0.3 is 18.8 Å². The summed E-state index contributed by atoms with van der Waals surface area (Å²) in [5.74, 6) is 0.563. The summed E-state index contributed by atoms with van der Waals surface area (Å²) in [7, 11) is -1.72. The van der Waals surface area contributed by atoms with E-state index in [2.05, 4.69) is 32.6 Å². The van der Waals surface area contributed by atoms with Crippen molar-refractivity contribution < 1.29 is 13.9 Å². The molecule has 0 aromatic rings. The standard InChI is InChI=1S/C30H64NO3P/c1-5-9-13-15-17-19-25-31(26-20-18-16-14-10-6-2)27-21-22-28-33-35(32)34-29-30(23-11-7-3)24-12-8-4/h30,32H,5-29H2,1-4H3. The fraction of sp³-hybridized carbons (Fsp3) is 1.00. The summed E-state index contributed by atoms with van der Waals surface area (Å²) in [5, 5.41) is 0. The van der Waals surface area contributed by atoms with Gasteiger partial charge in [0.15, 0.2) is 0 Å². The largest absolute Gasteiger partial charge is 0.329 e. The van der Waals surface area contributed by atoms with Gasteiger partial charge in [0.25, 0.3) is 0 Å². The van der Waals surface area contributed by atoms with Crippen LogP contribution in [0.25, 0.3) is 0 Å². The zero-order valence-electron chi connectivity index (χ0n) is 24.4. The molecule has 212 valence electrons. The molecule has 0 heterocycles. The van der Waals surface area contributed by atoms with E-state index in [0.717, 1.165) is 19.4 Å². The molecule has 0 rings (SSSR count). The molecule has 0 spiro atoms. The van der Waals surface area contributed by atoms with Crippen LogP contribution < -0.4 is 0 Å². The lowest BCUT2D eigenvalue weighted by atomic mass is 9.97. The molecule has 1 N–H and O–H groups in total. The Labute approximate surface area is 222 Å². The maximum Gasteiger partial charge on any atom is 0.329 e. The second-order valence-corrected chi connectivity index (χ2v) is 11.6. The average Bonchev–Trinajstić information content (AvgIpc) is 2.86. The summed E-state index contributed by atoms with van der Waals surface area (Å²) >= 11 is 0. The van der Waals surface area contributed by atoms with Crippen molar-refractivity contribution in [3.8, 4) is 0 Å². The lowest BCUT2D eigenvalue weighted by Gasteiger charge is -2.22. The fourth-order valence-electron chi connectivity index (χ4n) is 4.65. The lowest BCUT2D eigenvalue weighted by Crippen LogP contribution is -2.27. The van der Waals surface area contributed by atoms with E-state index >= 15 is 0 Å². The minimum absolute atomic E-state index is 0.563. The summed E-state index contributed by atoms with van der Waals surface area (Å²) in [6, 6.07) is 0. The van der Waals surface area contributed by atoms with Crippen molar-refractivity contribution >= 4 is 8.60 Å². The third-order valence-electron chi connectivity index (χ3n) is 7.08. The van der Waals surface area contributed by atoms with Gasteiger partial charge in [0.1, 0.15) is 0 Å². The number of hydrogen-bond donors (Lipinski definition) is 1. The van der Waals surface area contributed by atoms with Crippen LogP contribution in [-0.4, -0.2) is 42.6 Å². The van der Waals surface area contributed by atoms with Crippen molar-refractivity contribution in [3.63, 3.8) is 0 Å². The molecule has 0 aliphatic heterocycles. The van der Waals surface area contributed by atoms with Crippen LogP contribution in [0.4, 0.5) is 0 Å². The Hall–Kier alpha value is 0.270. The van der Waals surface area contributed by atoms with E-state index in [1.807, 2.05) is 0 Å². The van der Waals surface area contributed by atoms with E-state index in [-0.39, 0.29) is 0 Å². The van der Waals surface area contributed by atoms with Crippen molar-refractivity contribution in [1.29, 1.82) is 0 Å². The Kier molecular flexibility index (Phi) is 29.1. The zero-order valence-corrected chi connectivity index (χ0v) is 25.3. The van der Waals surface area contributed by atoms with E-state index in [1.165, 1.54) is 129 Å². The van der Waals surface area contributed by atoms with Crippen LogP contribution in [0, 0.1) is 5.92 Å². The average molecular weight is 518 g/mol. The first-order chi connectivity index (χ1) is 17.2. The highest BCUT2D eigenvalue weighted by Crippen LogP contribution is 2.34. The Morgan fingerprint density at radius 1 is 0.543 bits per heavy atom. The van der Waals surface area contributed by atoms with Crippen LogP contribution in [0.5, 0.6) is 0 Å². The third kappa shape index (κ3) is 25.7. The molecule has 5 heteroatoms. The molecule has 0 aromatic carbocycles. The molecular formula is C30H64NO3P. The highest BCUT2D eigenvalue weighted by molar-refractivity contribution is 7.40. The first kappa shape index (κ1) is 35.3. The van der Waals surface area contributed by atoms with Crippen molar-refractivity contribution in [3.05, 3.63) is 0 Å². The van der Waals surface area contributed by atoms with Gasteiger partial charge in [-0.25, -0.2) is 0 Å². The molecule has 1 unspecified atom stereocenters. The van der Waals surface area contributed by atoms with Gasteiger partial charge in [-0.3, -0.25) is 0 Å². The molecule has 0 aliphatic rings. The quantitative estimate of drug-likeness (QED) is 0.0791. The topological polar surface area (TPSA) is 41.9 Å². The number of hydrogen-bond acceptors (Lipinski definition) is 4. The van der Waals surface area contributed by atoms with Gasteiger partial charge in [-0.05, 0) is 64.1 Å². The van der Waals surface area contributed by atoms with E-state index in [4.69, 9.17) is 9.05 Å². The van der Waals surface area contributed by atoms with Crippen LogP contribution in [0.1, 0.15) is 156 Å². The minimum atomic E-state index is -1.72. The molecule has 0 amide bonds. The molecule has 4 nitrogen and oxygen atoms in total. The van der Waals surface area contributed by atoms with Crippen LogP contribution in [0.2, 0.25) is 0 Å². The lowest BCUT2D eigenvalue weighted by molar-refractivity contribution is 0.161. The number of unbranched alkanes of at least 4 members (excludes halogenated alkanes) is 13. The van der Waals surface area contributed by atoms with E-state index in [0.29, 0.717) is 19.1 Å². The van der Waals surface area contributed by atoms with Crippen molar-refractivity contribution in [1.82, 2.24) is 4.90 Å². The van der Waals surface area contributed by atoms with Gasteiger partial charge in [0.05, 0.1) is 13.2 Å². The predicted molar refractivity (Wildman–Crippen MR) is 156 cm³/mol. The Bertz CT molecular complexity index is 376. The SMILES string of the molecule is CCCCCCCCN(CCCCCCCC)CCCCOP(O)OCC(CCCC)CCCC. The molecule has 0 bridgehead atoms. The monoisotopic (exact) mass is 517 g/mol. The summed E-state index contributed by atoms with van der Waals surface area (Å²) in [6.07, 6.45) is 25.9. The van der Waals surface area contributed by atoms with E-state index in [1.54, 1.807) is 0 Å².